The Morgan fingerprint density at radius 1 is 1.22 bits per heavy atom. The summed E-state index contributed by atoms with van der Waals surface area (Å²) in [6.45, 7) is 3.54. The van der Waals surface area contributed by atoms with Crippen LogP contribution in [0.4, 0.5) is 10.3 Å². The van der Waals surface area contributed by atoms with Crippen molar-refractivity contribution in [3.05, 3.63) is 48.2 Å². The number of aliphatic carboxylic acids is 1. The first kappa shape index (κ1) is 26.1. The first-order chi connectivity index (χ1) is 17.7. The smallest absolute Gasteiger partial charge is 0.305 e. The molecule has 1 aliphatic heterocycles. The molecule has 3 aromatic rings. The maximum atomic E-state index is 13.6. The van der Waals surface area contributed by atoms with E-state index in [1.807, 2.05) is 0 Å². The number of nitrogens with zero attached hydrogens (tertiary/aromatic N) is 4. The van der Waals surface area contributed by atoms with Crippen LogP contribution in [0.25, 0.3) is 22.6 Å². The Kier molecular flexibility index (Phi) is 7.76. The zero-order chi connectivity index (χ0) is 26.6. The van der Waals surface area contributed by atoms with Gasteiger partial charge in [0.05, 0.1) is 42.1 Å². The summed E-state index contributed by atoms with van der Waals surface area (Å²) >= 11 is 0. The van der Waals surface area contributed by atoms with Gasteiger partial charge in [0, 0.05) is 24.8 Å². The Labute approximate surface area is 211 Å². The molecular weight excluding hydrogens is 487 g/mol. The molecule has 0 radical (unpaired) electrons. The van der Waals surface area contributed by atoms with Crippen molar-refractivity contribution in [1.82, 2.24) is 25.0 Å². The number of hydrogen-bond donors (Lipinski definition) is 4. The largest absolute Gasteiger partial charge is 0.481 e. The van der Waals surface area contributed by atoms with Crippen LogP contribution in [0.5, 0.6) is 0 Å². The minimum atomic E-state index is -1.07. The fourth-order valence-electron chi connectivity index (χ4n) is 3.72. The van der Waals surface area contributed by atoms with Crippen molar-refractivity contribution >= 4 is 17.8 Å². The van der Waals surface area contributed by atoms with Crippen molar-refractivity contribution in [2.75, 3.05) is 31.6 Å². The quantitative estimate of drug-likeness (QED) is 0.247. The molecule has 37 heavy (non-hydrogen) atoms. The topological polar surface area (TPSA) is 163 Å². The fourth-order valence-corrected chi connectivity index (χ4v) is 3.72. The predicted molar refractivity (Wildman–Crippen MR) is 128 cm³/mol. The number of H-pyrrole nitrogens is 1. The molecule has 1 fully saturated rings. The van der Waals surface area contributed by atoms with Crippen molar-refractivity contribution in [3.63, 3.8) is 0 Å². The molecular formula is C24H27FN6O6. The number of carboxylic acid groups (broad SMARTS) is 1. The molecule has 0 spiro atoms. The van der Waals surface area contributed by atoms with Gasteiger partial charge in [0.2, 0.25) is 12.2 Å². The minimum absolute atomic E-state index is 0.0133. The number of rotatable bonds is 9. The summed E-state index contributed by atoms with van der Waals surface area (Å²) in [5.74, 6) is -1.33. The SMILES string of the molecule is CCN(O)C(=O)C1(C)COC(c2nc(-c3ccc(F)cc3)c(-c3ccnc(NCCC(=O)O)n3)[nH]2)OC1. The van der Waals surface area contributed by atoms with E-state index in [-0.39, 0.29) is 38.7 Å². The van der Waals surface area contributed by atoms with Crippen LogP contribution in [0.3, 0.4) is 0 Å². The molecule has 1 saturated heterocycles. The summed E-state index contributed by atoms with van der Waals surface area (Å²) in [7, 11) is 0. The number of benzene rings is 1. The van der Waals surface area contributed by atoms with E-state index in [0.29, 0.717) is 33.5 Å². The monoisotopic (exact) mass is 514 g/mol. The van der Waals surface area contributed by atoms with Crippen LogP contribution in [0.15, 0.2) is 36.5 Å². The van der Waals surface area contributed by atoms with E-state index in [2.05, 4.69) is 25.3 Å². The van der Waals surface area contributed by atoms with E-state index in [9.17, 15) is 19.2 Å². The van der Waals surface area contributed by atoms with Crippen molar-refractivity contribution in [2.24, 2.45) is 5.41 Å². The second-order valence-corrected chi connectivity index (χ2v) is 8.72. The third-order valence-corrected chi connectivity index (χ3v) is 5.75. The molecule has 0 aliphatic carbocycles. The molecule has 0 saturated carbocycles. The average Bonchev–Trinajstić information content (AvgIpc) is 3.34. The lowest BCUT2D eigenvalue weighted by molar-refractivity contribution is -0.243. The zero-order valence-corrected chi connectivity index (χ0v) is 20.3. The van der Waals surface area contributed by atoms with Gasteiger partial charge in [-0.25, -0.2) is 24.4 Å². The summed E-state index contributed by atoms with van der Waals surface area (Å²) in [5, 5.41) is 22.2. The number of hydroxylamine groups is 2. The number of ether oxygens (including phenoxy) is 2. The van der Waals surface area contributed by atoms with E-state index in [1.54, 1.807) is 32.0 Å². The molecule has 13 heteroatoms. The average molecular weight is 515 g/mol. The molecule has 0 unspecified atom stereocenters. The Hall–Kier alpha value is -3.94. The van der Waals surface area contributed by atoms with Crippen LogP contribution < -0.4 is 5.32 Å². The number of hydrogen-bond acceptors (Lipinski definition) is 9. The van der Waals surface area contributed by atoms with Gasteiger partial charge < -0.3 is 24.9 Å². The zero-order valence-electron chi connectivity index (χ0n) is 20.3. The number of aromatic amines is 1. The number of halogens is 1. The van der Waals surface area contributed by atoms with E-state index < -0.39 is 29.4 Å². The molecule has 4 N–H and O–H groups in total. The highest BCUT2D eigenvalue weighted by atomic mass is 19.1. The molecule has 12 nitrogen and oxygen atoms in total. The number of anilines is 1. The maximum Gasteiger partial charge on any atom is 0.305 e. The number of nitrogens with one attached hydrogen (secondary N) is 2. The van der Waals surface area contributed by atoms with Crippen LogP contribution in [-0.2, 0) is 19.1 Å². The van der Waals surface area contributed by atoms with Crippen LogP contribution in [0, 0.1) is 11.2 Å². The predicted octanol–water partition coefficient (Wildman–Crippen LogP) is 2.85. The van der Waals surface area contributed by atoms with Crippen molar-refractivity contribution in [2.45, 2.75) is 26.6 Å². The summed E-state index contributed by atoms with van der Waals surface area (Å²) in [4.78, 5) is 39.7. The third kappa shape index (κ3) is 5.90. The van der Waals surface area contributed by atoms with Crippen molar-refractivity contribution < 1.29 is 33.8 Å². The molecule has 4 rings (SSSR count). The minimum Gasteiger partial charge on any atom is -0.481 e. The Morgan fingerprint density at radius 3 is 2.57 bits per heavy atom. The number of imidazole rings is 1. The molecule has 196 valence electrons. The van der Waals surface area contributed by atoms with Crippen molar-refractivity contribution in [3.8, 4) is 22.6 Å². The number of amides is 1. The molecule has 2 aromatic heterocycles. The molecule has 1 amide bonds. The number of carbonyl (C=O) groups is 2. The van der Waals surface area contributed by atoms with Gasteiger partial charge in [0.25, 0.3) is 5.91 Å². The normalized spacial score (nSPS) is 19.4. The van der Waals surface area contributed by atoms with Gasteiger partial charge >= 0.3 is 5.97 Å². The highest BCUT2D eigenvalue weighted by Gasteiger charge is 2.42. The van der Waals surface area contributed by atoms with Crippen LogP contribution in [0.2, 0.25) is 0 Å². The van der Waals surface area contributed by atoms with E-state index in [4.69, 9.17) is 14.6 Å². The first-order valence-corrected chi connectivity index (χ1v) is 11.6. The molecule has 1 aromatic carbocycles. The molecule has 0 bridgehead atoms. The van der Waals surface area contributed by atoms with Gasteiger partial charge in [0.1, 0.15) is 5.82 Å². The van der Waals surface area contributed by atoms with Gasteiger partial charge in [-0.05, 0) is 44.2 Å². The summed E-state index contributed by atoms with van der Waals surface area (Å²) < 4.78 is 25.2. The second kappa shape index (κ2) is 11.0. The number of carboxylic acids is 1. The van der Waals surface area contributed by atoms with Gasteiger partial charge in [-0.3, -0.25) is 14.8 Å². The lowest BCUT2D eigenvalue weighted by Gasteiger charge is -2.36. The highest BCUT2D eigenvalue weighted by Crippen LogP contribution is 2.36. The van der Waals surface area contributed by atoms with Gasteiger partial charge in [-0.15, -0.1) is 0 Å². The third-order valence-electron chi connectivity index (χ3n) is 5.75. The second-order valence-electron chi connectivity index (χ2n) is 8.72. The molecule has 0 atom stereocenters. The summed E-state index contributed by atoms with van der Waals surface area (Å²) in [6, 6.07) is 7.41. The lowest BCUT2D eigenvalue weighted by atomic mass is 9.91. The fraction of sp³-hybridized carbons (Fsp3) is 0.375. The molecule has 3 heterocycles. The van der Waals surface area contributed by atoms with Gasteiger partial charge in [0.15, 0.2) is 5.82 Å². The lowest BCUT2D eigenvalue weighted by Crippen LogP contribution is -2.49. The summed E-state index contributed by atoms with van der Waals surface area (Å²) in [6.07, 6.45) is 0.476. The Morgan fingerprint density at radius 2 is 1.92 bits per heavy atom. The summed E-state index contributed by atoms with van der Waals surface area (Å²) in [5.41, 5.74) is 0.913. The number of aromatic nitrogens is 4. The Balaban J connectivity index is 1.63. The Bertz CT molecular complexity index is 1260. The van der Waals surface area contributed by atoms with E-state index >= 15 is 0 Å². The van der Waals surface area contributed by atoms with Crippen LogP contribution in [-0.4, -0.2) is 73.5 Å². The van der Waals surface area contributed by atoms with Crippen molar-refractivity contribution in [1.29, 1.82) is 0 Å². The standard InChI is InChI=1S/C24H27FN6O6/c1-3-31(35)22(34)24(2)12-36-21(37-13-24)20-29-18(14-4-6-15(25)7-5-14)19(30-20)16-8-10-26-23(28-16)27-11-9-17(32)33/h4-8,10,21,35H,3,9,11-13H2,1-2H3,(H,29,30)(H,32,33)(H,26,27,28). The van der Waals surface area contributed by atoms with E-state index in [0.717, 1.165) is 0 Å². The first-order valence-electron chi connectivity index (χ1n) is 11.6. The maximum absolute atomic E-state index is 13.6. The molecule has 1 aliphatic rings. The van der Waals surface area contributed by atoms with E-state index in [1.165, 1.54) is 18.3 Å². The number of carbonyl (C=O) groups excluding carboxylic acids is 1. The van der Waals surface area contributed by atoms with Gasteiger partial charge in [-0.2, -0.15) is 0 Å². The highest BCUT2D eigenvalue weighted by molar-refractivity contribution is 5.81. The van der Waals surface area contributed by atoms with Crippen LogP contribution >= 0.6 is 0 Å². The van der Waals surface area contributed by atoms with Gasteiger partial charge in [-0.1, -0.05) is 0 Å². The van der Waals surface area contributed by atoms with Crippen LogP contribution in [0.1, 0.15) is 32.4 Å².